The molecule has 1 aromatic rings. The van der Waals surface area contributed by atoms with Crippen LogP contribution in [-0.4, -0.2) is 35.4 Å². The van der Waals surface area contributed by atoms with Crippen LogP contribution in [-0.2, 0) is 9.59 Å². The standard InChI is InChI=1S/C16H21NO4S/c1-3-5-6-14(16(19)20)17-15(18)11-22-13-9-7-12(8-10-13)21-4-2/h3,5,7-10,14H,4,6,11H2,1-2H3,(H,17,18)(H,19,20)/b5-3+. The number of nitrogens with one attached hydrogen (secondary N) is 1. The summed E-state index contributed by atoms with van der Waals surface area (Å²) in [6.45, 7) is 4.33. The number of amides is 1. The summed E-state index contributed by atoms with van der Waals surface area (Å²) >= 11 is 1.35. The Morgan fingerprint density at radius 2 is 2.05 bits per heavy atom. The van der Waals surface area contributed by atoms with Crippen LogP contribution in [0, 0.1) is 0 Å². The molecule has 1 rings (SSSR count). The molecular formula is C16H21NO4S. The summed E-state index contributed by atoms with van der Waals surface area (Å²) < 4.78 is 5.34. The van der Waals surface area contributed by atoms with Crippen molar-refractivity contribution in [3.63, 3.8) is 0 Å². The van der Waals surface area contributed by atoms with Gasteiger partial charge in [-0.25, -0.2) is 4.79 Å². The Morgan fingerprint density at radius 3 is 2.59 bits per heavy atom. The maximum atomic E-state index is 11.8. The highest BCUT2D eigenvalue weighted by Gasteiger charge is 2.18. The number of benzene rings is 1. The van der Waals surface area contributed by atoms with Gasteiger partial charge in [-0.1, -0.05) is 12.2 Å². The number of rotatable bonds is 9. The fourth-order valence-electron chi connectivity index (χ4n) is 1.68. The lowest BCUT2D eigenvalue weighted by atomic mass is 10.2. The molecule has 0 aliphatic carbocycles. The second-order valence-electron chi connectivity index (χ2n) is 4.46. The van der Waals surface area contributed by atoms with E-state index in [0.717, 1.165) is 10.6 Å². The number of hydrogen-bond acceptors (Lipinski definition) is 4. The SMILES string of the molecule is C/C=C/CC(NC(=O)CSc1ccc(OCC)cc1)C(=O)O. The van der Waals surface area contributed by atoms with Crippen molar-refractivity contribution in [3.8, 4) is 5.75 Å². The van der Waals surface area contributed by atoms with E-state index in [1.165, 1.54) is 11.8 Å². The van der Waals surface area contributed by atoms with E-state index in [4.69, 9.17) is 9.84 Å². The van der Waals surface area contributed by atoms with Crippen LogP contribution >= 0.6 is 11.8 Å². The molecule has 1 unspecified atom stereocenters. The zero-order chi connectivity index (χ0) is 16.4. The van der Waals surface area contributed by atoms with Gasteiger partial charge in [0.2, 0.25) is 5.91 Å². The van der Waals surface area contributed by atoms with Gasteiger partial charge >= 0.3 is 5.97 Å². The third kappa shape index (κ3) is 6.67. The van der Waals surface area contributed by atoms with Gasteiger partial charge in [-0.2, -0.15) is 0 Å². The van der Waals surface area contributed by atoms with Crippen LogP contribution in [0.3, 0.4) is 0 Å². The quantitative estimate of drug-likeness (QED) is 0.540. The second-order valence-corrected chi connectivity index (χ2v) is 5.50. The van der Waals surface area contributed by atoms with Gasteiger partial charge in [0.25, 0.3) is 0 Å². The first-order chi connectivity index (χ1) is 10.6. The zero-order valence-corrected chi connectivity index (χ0v) is 13.6. The Bertz CT molecular complexity index is 513. The molecule has 1 atom stereocenters. The average molecular weight is 323 g/mol. The topological polar surface area (TPSA) is 75.6 Å². The fraction of sp³-hybridized carbons (Fsp3) is 0.375. The Labute approximate surface area is 134 Å². The molecule has 0 saturated heterocycles. The number of thioether (sulfide) groups is 1. The molecule has 120 valence electrons. The number of hydrogen-bond donors (Lipinski definition) is 2. The summed E-state index contributed by atoms with van der Waals surface area (Å²) in [5, 5.41) is 11.6. The highest BCUT2D eigenvalue weighted by Crippen LogP contribution is 2.21. The molecule has 2 N–H and O–H groups in total. The van der Waals surface area contributed by atoms with Crippen LogP contribution in [0.1, 0.15) is 20.3 Å². The molecule has 0 fully saturated rings. The fourth-order valence-corrected chi connectivity index (χ4v) is 2.39. The monoisotopic (exact) mass is 323 g/mol. The van der Waals surface area contributed by atoms with Crippen LogP contribution in [0.4, 0.5) is 0 Å². The highest BCUT2D eigenvalue weighted by molar-refractivity contribution is 8.00. The molecule has 0 saturated carbocycles. The molecule has 1 amide bonds. The molecule has 0 aliphatic heterocycles. The summed E-state index contributed by atoms with van der Waals surface area (Å²) in [5.41, 5.74) is 0. The van der Waals surface area contributed by atoms with Crippen molar-refractivity contribution in [2.45, 2.75) is 31.2 Å². The smallest absolute Gasteiger partial charge is 0.326 e. The van der Waals surface area contributed by atoms with Crippen LogP contribution < -0.4 is 10.1 Å². The summed E-state index contributed by atoms with van der Waals surface area (Å²) in [4.78, 5) is 23.8. The van der Waals surface area contributed by atoms with Crippen molar-refractivity contribution in [1.29, 1.82) is 0 Å². The molecule has 6 heteroatoms. The predicted molar refractivity (Wildman–Crippen MR) is 87.3 cm³/mol. The van der Waals surface area contributed by atoms with Gasteiger partial charge in [-0.3, -0.25) is 4.79 Å². The third-order valence-corrected chi connectivity index (χ3v) is 3.76. The van der Waals surface area contributed by atoms with Gasteiger partial charge in [0.05, 0.1) is 12.4 Å². The molecule has 0 spiro atoms. The zero-order valence-electron chi connectivity index (χ0n) is 12.7. The summed E-state index contributed by atoms with van der Waals surface area (Å²) in [6.07, 6.45) is 3.76. The Kier molecular flexibility index (Phi) is 8.14. The Hall–Kier alpha value is -1.95. The van der Waals surface area contributed by atoms with Gasteiger partial charge in [-0.05, 0) is 44.5 Å². The van der Waals surface area contributed by atoms with Crippen LogP contribution in [0.2, 0.25) is 0 Å². The van der Waals surface area contributed by atoms with E-state index in [1.54, 1.807) is 12.2 Å². The van der Waals surface area contributed by atoms with Gasteiger partial charge in [0.1, 0.15) is 11.8 Å². The normalized spacial score (nSPS) is 12.1. The van der Waals surface area contributed by atoms with Crippen molar-refractivity contribution in [2.75, 3.05) is 12.4 Å². The lowest BCUT2D eigenvalue weighted by molar-refractivity contribution is -0.141. The first-order valence-corrected chi connectivity index (χ1v) is 8.04. The second kappa shape index (κ2) is 9.89. The van der Waals surface area contributed by atoms with Crippen molar-refractivity contribution in [2.24, 2.45) is 0 Å². The van der Waals surface area contributed by atoms with E-state index in [2.05, 4.69) is 5.32 Å². The predicted octanol–water partition coefficient (Wildman–Crippen LogP) is 2.71. The van der Waals surface area contributed by atoms with Crippen LogP contribution in [0.15, 0.2) is 41.3 Å². The van der Waals surface area contributed by atoms with E-state index in [1.807, 2.05) is 38.1 Å². The Balaban J connectivity index is 2.45. The minimum Gasteiger partial charge on any atom is -0.494 e. The van der Waals surface area contributed by atoms with Crippen molar-refractivity contribution >= 4 is 23.6 Å². The number of ether oxygens (including phenoxy) is 1. The number of carboxylic acid groups (broad SMARTS) is 1. The number of carboxylic acids is 1. The molecule has 22 heavy (non-hydrogen) atoms. The molecule has 0 bridgehead atoms. The van der Waals surface area contributed by atoms with Crippen molar-refractivity contribution in [1.82, 2.24) is 5.32 Å². The molecule has 0 aliphatic rings. The van der Waals surface area contributed by atoms with Gasteiger partial charge in [-0.15, -0.1) is 11.8 Å². The molecular weight excluding hydrogens is 302 g/mol. The number of allylic oxidation sites excluding steroid dienone is 1. The maximum Gasteiger partial charge on any atom is 0.326 e. The molecule has 0 heterocycles. The lowest BCUT2D eigenvalue weighted by Crippen LogP contribution is -2.41. The van der Waals surface area contributed by atoms with Crippen LogP contribution in [0.25, 0.3) is 0 Å². The van der Waals surface area contributed by atoms with E-state index in [-0.39, 0.29) is 18.1 Å². The van der Waals surface area contributed by atoms with E-state index >= 15 is 0 Å². The number of carbonyl (C=O) groups is 2. The third-order valence-electron chi connectivity index (χ3n) is 2.75. The van der Waals surface area contributed by atoms with Crippen molar-refractivity contribution < 1.29 is 19.4 Å². The molecule has 5 nitrogen and oxygen atoms in total. The molecule has 0 aromatic heterocycles. The van der Waals surface area contributed by atoms with Gasteiger partial charge in [0, 0.05) is 4.90 Å². The first-order valence-electron chi connectivity index (χ1n) is 7.05. The summed E-state index contributed by atoms with van der Waals surface area (Å²) in [7, 11) is 0. The van der Waals surface area contributed by atoms with E-state index < -0.39 is 12.0 Å². The van der Waals surface area contributed by atoms with E-state index in [9.17, 15) is 9.59 Å². The van der Waals surface area contributed by atoms with Crippen molar-refractivity contribution in [3.05, 3.63) is 36.4 Å². The first kappa shape index (κ1) is 18.1. The van der Waals surface area contributed by atoms with Crippen LogP contribution in [0.5, 0.6) is 5.75 Å². The number of carbonyl (C=O) groups excluding carboxylic acids is 1. The minimum atomic E-state index is -1.03. The van der Waals surface area contributed by atoms with E-state index in [0.29, 0.717) is 6.61 Å². The highest BCUT2D eigenvalue weighted by atomic mass is 32.2. The maximum absolute atomic E-state index is 11.8. The Morgan fingerprint density at radius 1 is 1.36 bits per heavy atom. The largest absolute Gasteiger partial charge is 0.494 e. The molecule has 1 aromatic carbocycles. The summed E-state index contributed by atoms with van der Waals surface area (Å²) in [5.74, 6) is -0.366. The number of aliphatic carboxylic acids is 1. The van der Waals surface area contributed by atoms with Gasteiger partial charge in [0.15, 0.2) is 0 Å². The minimum absolute atomic E-state index is 0.174. The lowest BCUT2D eigenvalue weighted by Gasteiger charge is -2.12. The van der Waals surface area contributed by atoms with Gasteiger partial charge < -0.3 is 15.2 Å². The summed E-state index contributed by atoms with van der Waals surface area (Å²) in [6, 6.07) is 6.55. The molecule has 0 radical (unpaired) electrons. The average Bonchev–Trinajstić information content (AvgIpc) is 2.50.